The molecule has 0 spiro atoms. The van der Waals surface area contributed by atoms with Crippen molar-refractivity contribution in [2.24, 2.45) is 0 Å². The molecular weight excluding hydrogens is 935 g/mol. The van der Waals surface area contributed by atoms with Gasteiger partial charge in [-0.05, 0) is 57.8 Å². The Morgan fingerprint density at radius 1 is 0.355 bits per heavy atom. The summed E-state index contributed by atoms with van der Waals surface area (Å²) >= 11 is 0. The highest BCUT2D eigenvalue weighted by molar-refractivity contribution is 5.76. The molecule has 0 rings (SSSR count). The Hall–Kier alpha value is -1.66. The number of hydrogen-bond donors (Lipinski definition) is 3. The van der Waals surface area contributed by atoms with Crippen molar-refractivity contribution in [3.8, 4) is 0 Å². The van der Waals surface area contributed by atoms with Gasteiger partial charge in [0.25, 0.3) is 0 Å². The molecule has 450 valence electrons. The van der Waals surface area contributed by atoms with E-state index in [-0.39, 0.29) is 18.5 Å². The molecule has 0 radical (unpaired) electrons. The largest absolute Gasteiger partial charge is 0.466 e. The van der Waals surface area contributed by atoms with Gasteiger partial charge in [-0.15, -0.1) is 0 Å². The second kappa shape index (κ2) is 65.9. The lowest BCUT2D eigenvalue weighted by atomic mass is 10.0. The number of carbonyl (C=O) groups excluding carboxylic acids is 2. The molecule has 0 saturated carbocycles. The van der Waals surface area contributed by atoms with E-state index in [2.05, 4.69) is 31.3 Å². The average molecular weight is 1070 g/mol. The van der Waals surface area contributed by atoms with Crippen molar-refractivity contribution in [2.75, 3.05) is 13.2 Å². The fourth-order valence-electron chi connectivity index (χ4n) is 10.9. The second-order valence-corrected chi connectivity index (χ2v) is 23.9. The first-order valence-electron chi connectivity index (χ1n) is 34.6. The number of ether oxygens (including phenoxy) is 1. The van der Waals surface area contributed by atoms with Crippen LogP contribution in [0.4, 0.5) is 0 Å². The van der Waals surface area contributed by atoms with E-state index in [1.807, 2.05) is 6.08 Å². The molecule has 6 nitrogen and oxygen atoms in total. The van der Waals surface area contributed by atoms with Gasteiger partial charge in [0.15, 0.2) is 0 Å². The monoisotopic (exact) mass is 1070 g/mol. The van der Waals surface area contributed by atoms with E-state index in [0.29, 0.717) is 19.4 Å². The molecule has 0 bridgehead atoms. The van der Waals surface area contributed by atoms with Gasteiger partial charge in [0.05, 0.1) is 25.4 Å². The quantitative estimate of drug-likeness (QED) is 0.0320. The van der Waals surface area contributed by atoms with E-state index in [4.69, 9.17) is 4.74 Å². The van der Waals surface area contributed by atoms with Gasteiger partial charge in [0.2, 0.25) is 5.91 Å². The van der Waals surface area contributed by atoms with Crippen molar-refractivity contribution in [3.63, 3.8) is 0 Å². The minimum Gasteiger partial charge on any atom is -0.466 e. The summed E-state index contributed by atoms with van der Waals surface area (Å²) in [6.07, 6.45) is 82.4. The maximum absolute atomic E-state index is 12.5. The topological polar surface area (TPSA) is 95.9 Å². The Balaban J connectivity index is 3.45. The van der Waals surface area contributed by atoms with Gasteiger partial charge in [-0.2, -0.15) is 0 Å². The van der Waals surface area contributed by atoms with Crippen LogP contribution in [0.1, 0.15) is 386 Å². The zero-order valence-corrected chi connectivity index (χ0v) is 51.5. The third kappa shape index (κ3) is 61.6. The predicted octanol–water partition coefficient (Wildman–Crippen LogP) is 22.1. The number of allylic oxidation sites excluding steroid dienone is 3. The summed E-state index contributed by atoms with van der Waals surface area (Å²) in [6.45, 7) is 4.93. The summed E-state index contributed by atoms with van der Waals surface area (Å²) in [5.41, 5.74) is 0. The molecule has 0 aliphatic rings. The number of amides is 1. The normalized spacial score (nSPS) is 12.6. The summed E-state index contributed by atoms with van der Waals surface area (Å²) < 4.78 is 5.50. The number of unbranched alkanes of at least 4 members (excludes halogenated alkanes) is 52. The third-order valence-electron chi connectivity index (χ3n) is 16.2. The number of aliphatic hydroxyl groups excluding tert-OH is 2. The summed E-state index contributed by atoms with van der Waals surface area (Å²) in [6, 6.07) is -0.639. The average Bonchev–Trinajstić information content (AvgIpc) is 3.42. The molecule has 2 unspecified atom stereocenters. The summed E-state index contributed by atoms with van der Waals surface area (Å²) in [7, 11) is 0. The van der Waals surface area contributed by atoms with Crippen LogP contribution < -0.4 is 5.32 Å². The molecule has 76 heavy (non-hydrogen) atoms. The Kier molecular flexibility index (Phi) is 64.4. The molecule has 0 aliphatic heterocycles. The third-order valence-corrected chi connectivity index (χ3v) is 16.2. The minimum absolute atomic E-state index is 0.00704. The number of carbonyl (C=O) groups is 2. The Bertz CT molecular complexity index is 1190. The highest BCUT2D eigenvalue weighted by atomic mass is 16.5. The molecule has 0 saturated heterocycles. The highest BCUT2D eigenvalue weighted by Gasteiger charge is 2.18. The maximum atomic E-state index is 12.5. The molecular formula is C70H135NO5. The van der Waals surface area contributed by atoms with Gasteiger partial charge in [-0.3, -0.25) is 9.59 Å². The van der Waals surface area contributed by atoms with E-state index < -0.39 is 12.1 Å². The Morgan fingerprint density at radius 2 is 0.618 bits per heavy atom. The molecule has 3 N–H and O–H groups in total. The van der Waals surface area contributed by atoms with Crippen LogP contribution in [0.15, 0.2) is 24.3 Å². The Labute approximate surface area is 475 Å². The number of aliphatic hydroxyl groups is 2. The van der Waals surface area contributed by atoms with Gasteiger partial charge in [-0.25, -0.2) is 0 Å². The van der Waals surface area contributed by atoms with Gasteiger partial charge in [-0.1, -0.05) is 340 Å². The van der Waals surface area contributed by atoms with Crippen molar-refractivity contribution >= 4 is 11.9 Å². The Morgan fingerprint density at radius 3 is 0.934 bits per heavy atom. The molecule has 0 aromatic heterocycles. The van der Waals surface area contributed by atoms with Crippen molar-refractivity contribution in [2.45, 2.75) is 398 Å². The van der Waals surface area contributed by atoms with Gasteiger partial charge in [0.1, 0.15) is 0 Å². The molecule has 0 aliphatic carbocycles. The van der Waals surface area contributed by atoms with E-state index in [1.54, 1.807) is 6.08 Å². The molecule has 0 fully saturated rings. The van der Waals surface area contributed by atoms with Gasteiger partial charge >= 0.3 is 5.97 Å². The van der Waals surface area contributed by atoms with Gasteiger partial charge < -0.3 is 20.3 Å². The lowest BCUT2D eigenvalue weighted by Crippen LogP contribution is -2.45. The summed E-state index contributed by atoms with van der Waals surface area (Å²) in [4.78, 5) is 24.6. The number of esters is 1. The first kappa shape index (κ1) is 74.3. The fraction of sp³-hybridized carbons (Fsp3) is 0.914. The van der Waals surface area contributed by atoms with Crippen molar-refractivity contribution < 1.29 is 24.5 Å². The zero-order chi connectivity index (χ0) is 55.0. The first-order valence-corrected chi connectivity index (χ1v) is 34.6. The number of nitrogens with one attached hydrogen (secondary N) is 1. The maximum Gasteiger partial charge on any atom is 0.305 e. The van der Waals surface area contributed by atoms with Crippen LogP contribution in [0.3, 0.4) is 0 Å². The number of hydrogen-bond acceptors (Lipinski definition) is 5. The van der Waals surface area contributed by atoms with Crippen LogP contribution in [0.2, 0.25) is 0 Å². The van der Waals surface area contributed by atoms with Crippen LogP contribution in [-0.4, -0.2) is 47.4 Å². The van der Waals surface area contributed by atoms with E-state index in [0.717, 1.165) is 57.8 Å². The molecule has 6 heteroatoms. The summed E-state index contributed by atoms with van der Waals surface area (Å²) in [5.74, 6) is -0.0710. The van der Waals surface area contributed by atoms with E-state index in [1.165, 1.54) is 302 Å². The molecule has 1 amide bonds. The molecule has 0 aromatic rings. The van der Waals surface area contributed by atoms with Crippen molar-refractivity contribution in [1.29, 1.82) is 0 Å². The highest BCUT2D eigenvalue weighted by Crippen LogP contribution is 2.18. The van der Waals surface area contributed by atoms with E-state index in [9.17, 15) is 19.8 Å². The summed E-state index contributed by atoms with van der Waals surface area (Å²) in [5, 5.41) is 23.2. The fourth-order valence-corrected chi connectivity index (χ4v) is 10.9. The molecule has 2 atom stereocenters. The standard InChI is InChI=1S/C70H135NO5/c1-3-5-7-9-11-13-15-17-19-21-22-23-24-25-26-27-31-34-38-42-46-50-54-58-62-68(73)67(66-72)71-69(74)63-59-55-51-47-43-39-35-32-28-29-33-37-41-45-49-53-57-61-65-76-70(75)64-60-56-52-48-44-40-36-30-20-18-16-14-12-10-8-6-4-2/h32,35,58,62,67-68,72-73H,3-31,33-34,36-57,59-61,63-66H2,1-2H3,(H,71,74)/b35-32-,62-58+. The van der Waals surface area contributed by atoms with Crippen LogP contribution >= 0.6 is 0 Å². The zero-order valence-electron chi connectivity index (χ0n) is 51.5. The second-order valence-electron chi connectivity index (χ2n) is 23.9. The van der Waals surface area contributed by atoms with E-state index >= 15 is 0 Å². The smallest absolute Gasteiger partial charge is 0.305 e. The van der Waals surface area contributed by atoms with Crippen LogP contribution in [-0.2, 0) is 14.3 Å². The molecule has 0 heterocycles. The van der Waals surface area contributed by atoms with Crippen LogP contribution in [0, 0.1) is 0 Å². The van der Waals surface area contributed by atoms with Crippen molar-refractivity contribution in [1.82, 2.24) is 5.32 Å². The lowest BCUT2D eigenvalue weighted by molar-refractivity contribution is -0.143. The SMILES string of the molecule is CCCCCCCCCCCCCCCCCCCCCCCC/C=C/C(O)C(CO)NC(=O)CCCCCCC/C=C\CCCCCCCCCCCOC(=O)CCCCCCCCCCCCCCCCCCC. The van der Waals surface area contributed by atoms with Gasteiger partial charge in [0, 0.05) is 12.8 Å². The van der Waals surface area contributed by atoms with Crippen molar-refractivity contribution in [3.05, 3.63) is 24.3 Å². The predicted molar refractivity (Wildman–Crippen MR) is 333 cm³/mol. The van der Waals surface area contributed by atoms with Crippen LogP contribution in [0.25, 0.3) is 0 Å². The first-order chi connectivity index (χ1) is 37.5. The minimum atomic E-state index is -0.854. The molecule has 0 aromatic carbocycles. The number of rotatable bonds is 65. The van der Waals surface area contributed by atoms with Crippen LogP contribution in [0.5, 0.6) is 0 Å². The lowest BCUT2D eigenvalue weighted by Gasteiger charge is -2.20.